The van der Waals surface area contributed by atoms with Crippen LogP contribution in [0.25, 0.3) is 0 Å². The zero-order chi connectivity index (χ0) is 12.6. The predicted molar refractivity (Wildman–Crippen MR) is 83.5 cm³/mol. The average Bonchev–Trinajstić information content (AvgIpc) is 2.73. The molecule has 3 rings (SSSR count). The fraction of sp³-hybridized carbons (Fsp3) is 0.417. The van der Waals surface area contributed by atoms with Gasteiger partial charge in [-0.2, -0.15) is 0 Å². The lowest BCUT2D eigenvalue weighted by atomic mass is 10.1. The minimum absolute atomic E-state index is 0.0370. The molecule has 1 aromatic rings. The molecule has 0 amide bonds. The highest BCUT2D eigenvalue weighted by atomic mass is 35.5. The molecule has 96 valence electrons. The molecule has 0 radical (unpaired) electrons. The zero-order valence-electron chi connectivity index (χ0n) is 9.52. The molecule has 0 aromatic heterocycles. The summed E-state index contributed by atoms with van der Waals surface area (Å²) in [5.41, 5.74) is 1.32. The Morgan fingerprint density at radius 2 is 2.11 bits per heavy atom. The monoisotopic (exact) mass is 317 g/mol. The molecule has 2 fully saturated rings. The first kappa shape index (κ1) is 13.1. The summed E-state index contributed by atoms with van der Waals surface area (Å²) in [5, 5.41) is 4.14. The van der Waals surface area contributed by atoms with Crippen LogP contribution in [0.15, 0.2) is 24.3 Å². The summed E-state index contributed by atoms with van der Waals surface area (Å²) in [6.45, 7) is 0.709. The summed E-state index contributed by atoms with van der Waals surface area (Å²) < 4.78 is 6.87. The molecule has 2 aliphatic heterocycles. The molecule has 2 heterocycles. The summed E-state index contributed by atoms with van der Waals surface area (Å²) in [6, 6.07) is 7.87. The maximum atomic E-state index is 5.97. The summed E-state index contributed by atoms with van der Waals surface area (Å²) in [5.74, 6) is 2.03. The van der Waals surface area contributed by atoms with Gasteiger partial charge in [-0.05, 0) is 17.7 Å². The van der Waals surface area contributed by atoms with Gasteiger partial charge < -0.3 is 10.1 Å². The van der Waals surface area contributed by atoms with Crippen molar-refractivity contribution in [2.75, 3.05) is 18.1 Å². The van der Waals surface area contributed by atoms with E-state index in [4.69, 9.17) is 28.6 Å². The van der Waals surface area contributed by atoms with Crippen molar-refractivity contribution in [1.29, 1.82) is 0 Å². The van der Waals surface area contributed by atoms with E-state index in [1.54, 1.807) is 11.8 Å². The van der Waals surface area contributed by atoms with Gasteiger partial charge in [-0.25, -0.2) is 0 Å². The summed E-state index contributed by atoms with van der Waals surface area (Å²) >= 11 is 14.6. The maximum Gasteiger partial charge on any atom is 0.134 e. The first-order valence-electron chi connectivity index (χ1n) is 5.61. The molecule has 2 aliphatic rings. The molecule has 2 saturated heterocycles. The van der Waals surface area contributed by atoms with Crippen LogP contribution in [-0.4, -0.2) is 28.0 Å². The van der Waals surface area contributed by atoms with Gasteiger partial charge in [-0.1, -0.05) is 47.7 Å². The number of ether oxygens (including phenoxy) is 1. The lowest BCUT2D eigenvalue weighted by molar-refractivity contribution is 0.0657. The number of benzene rings is 1. The van der Waals surface area contributed by atoms with E-state index < -0.39 is 0 Å². The van der Waals surface area contributed by atoms with E-state index in [9.17, 15) is 0 Å². The van der Waals surface area contributed by atoms with Gasteiger partial charge >= 0.3 is 0 Å². The molecule has 0 bridgehead atoms. The van der Waals surface area contributed by atoms with E-state index in [0.29, 0.717) is 6.61 Å². The SMILES string of the molecule is S=C1N[C@]2(CO[C@@H](c3ccc(Cl)cc3)SC2)CS1. The highest BCUT2D eigenvalue weighted by Gasteiger charge is 2.41. The van der Waals surface area contributed by atoms with Crippen molar-refractivity contribution < 1.29 is 4.74 Å². The third-order valence-electron chi connectivity index (χ3n) is 3.01. The fourth-order valence-corrected chi connectivity index (χ4v) is 4.86. The van der Waals surface area contributed by atoms with Gasteiger partial charge in [0, 0.05) is 16.5 Å². The number of halogens is 1. The topological polar surface area (TPSA) is 21.3 Å². The zero-order valence-corrected chi connectivity index (χ0v) is 12.7. The Morgan fingerprint density at radius 1 is 1.33 bits per heavy atom. The smallest absolute Gasteiger partial charge is 0.134 e. The van der Waals surface area contributed by atoms with Gasteiger partial charge in [0.15, 0.2) is 0 Å². The van der Waals surface area contributed by atoms with Crippen LogP contribution in [-0.2, 0) is 4.74 Å². The minimum atomic E-state index is 0.0370. The molecule has 0 unspecified atom stereocenters. The van der Waals surface area contributed by atoms with Crippen LogP contribution in [0, 0.1) is 0 Å². The summed E-state index contributed by atoms with van der Waals surface area (Å²) in [6.07, 6.45) is 0. The number of thioether (sulfide) groups is 2. The lowest BCUT2D eigenvalue weighted by Gasteiger charge is -2.36. The molecular weight excluding hydrogens is 306 g/mol. The normalized spacial score (nSPS) is 31.6. The second-order valence-corrected chi connectivity index (χ2v) is 7.63. The number of thiocarbonyl (C=S) groups is 1. The fourth-order valence-electron chi connectivity index (χ4n) is 2.02. The van der Waals surface area contributed by atoms with E-state index in [2.05, 4.69) is 5.32 Å². The highest BCUT2D eigenvalue weighted by Crippen LogP contribution is 2.40. The second kappa shape index (κ2) is 5.21. The molecule has 1 aromatic carbocycles. The largest absolute Gasteiger partial charge is 0.362 e. The first-order chi connectivity index (χ1) is 8.67. The second-order valence-electron chi connectivity index (χ2n) is 4.49. The number of hydrogen-bond donors (Lipinski definition) is 1. The van der Waals surface area contributed by atoms with E-state index in [0.717, 1.165) is 20.8 Å². The van der Waals surface area contributed by atoms with Crippen LogP contribution in [0.1, 0.15) is 11.0 Å². The van der Waals surface area contributed by atoms with Crippen LogP contribution in [0.3, 0.4) is 0 Å². The Kier molecular flexibility index (Phi) is 3.78. The molecule has 6 heteroatoms. The number of hydrogen-bond acceptors (Lipinski definition) is 4. The molecule has 2 atom stereocenters. The van der Waals surface area contributed by atoms with E-state index in [1.807, 2.05) is 36.0 Å². The minimum Gasteiger partial charge on any atom is -0.362 e. The van der Waals surface area contributed by atoms with Crippen LogP contribution in [0.5, 0.6) is 0 Å². The Bertz CT molecular complexity index is 457. The van der Waals surface area contributed by atoms with E-state index >= 15 is 0 Å². The van der Waals surface area contributed by atoms with Crippen molar-refractivity contribution in [3.05, 3.63) is 34.9 Å². The molecule has 0 saturated carbocycles. The van der Waals surface area contributed by atoms with Crippen molar-refractivity contribution in [2.45, 2.75) is 11.0 Å². The van der Waals surface area contributed by atoms with Gasteiger partial charge in [0.25, 0.3) is 0 Å². The number of nitrogens with one attached hydrogen (secondary N) is 1. The van der Waals surface area contributed by atoms with Crippen LogP contribution in [0.4, 0.5) is 0 Å². The maximum absolute atomic E-state index is 5.97. The third-order valence-corrected chi connectivity index (χ3v) is 6.21. The van der Waals surface area contributed by atoms with Crippen LogP contribution >= 0.6 is 47.3 Å². The standard InChI is InChI=1S/C12H12ClNOS3/c13-9-3-1-8(2-4-9)10-15-5-12(6-17-10)7-18-11(16)14-12/h1-4,10H,5-7H2,(H,14,16)/t10-,12+/m1/s1. The van der Waals surface area contributed by atoms with Crippen molar-refractivity contribution in [1.82, 2.24) is 5.32 Å². The first-order valence-corrected chi connectivity index (χ1v) is 8.43. The van der Waals surface area contributed by atoms with Crippen molar-refractivity contribution in [3.63, 3.8) is 0 Å². The Morgan fingerprint density at radius 3 is 2.67 bits per heavy atom. The van der Waals surface area contributed by atoms with E-state index in [1.165, 1.54) is 5.56 Å². The van der Waals surface area contributed by atoms with Gasteiger partial charge in [0.05, 0.1) is 12.1 Å². The third kappa shape index (κ3) is 2.65. The van der Waals surface area contributed by atoms with Crippen LogP contribution in [0.2, 0.25) is 5.02 Å². The van der Waals surface area contributed by atoms with E-state index in [-0.39, 0.29) is 11.0 Å². The van der Waals surface area contributed by atoms with Crippen molar-refractivity contribution >= 4 is 51.7 Å². The highest BCUT2D eigenvalue weighted by molar-refractivity contribution is 8.23. The quantitative estimate of drug-likeness (QED) is 0.798. The molecular formula is C12H12ClNOS3. The Labute approximate surface area is 125 Å². The van der Waals surface area contributed by atoms with Gasteiger partial charge in [-0.15, -0.1) is 11.8 Å². The molecule has 1 N–H and O–H groups in total. The van der Waals surface area contributed by atoms with Crippen molar-refractivity contribution in [3.8, 4) is 0 Å². The Hall–Kier alpha value is 0.0600. The molecule has 2 nitrogen and oxygen atoms in total. The predicted octanol–water partition coefficient (Wildman–Crippen LogP) is 3.46. The van der Waals surface area contributed by atoms with Gasteiger partial charge in [0.1, 0.15) is 9.76 Å². The number of rotatable bonds is 1. The average molecular weight is 318 g/mol. The summed E-state index contributed by atoms with van der Waals surface area (Å²) in [7, 11) is 0. The lowest BCUT2D eigenvalue weighted by Crippen LogP contribution is -2.52. The molecule has 0 aliphatic carbocycles. The summed E-state index contributed by atoms with van der Waals surface area (Å²) in [4.78, 5) is 0. The molecule has 1 spiro atoms. The van der Waals surface area contributed by atoms with Gasteiger partial charge in [-0.3, -0.25) is 0 Å². The van der Waals surface area contributed by atoms with Gasteiger partial charge in [0.2, 0.25) is 0 Å². The Balaban J connectivity index is 1.66. The van der Waals surface area contributed by atoms with Crippen molar-refractivity contribution in [2.24, 2.45) is 0 Å². The molecule has 18 heavy (non-hydrogen) atoms. The van der Waals surface area contributed by atoms with Crippen LogP contribution < -0.4 is 5.32 Å².